The number of aliphatic hydroxyl groups is 1. The highest BCUT2D eigenvalue weighted by atomic mass is 31.2. The number of fused-ring (bicyclic) bond motifs is 2. The van der Waals surface area contributed by atoms with Crippen molar-refractivity contribution in [2.45, 2.75) is 76.7 Å². The predicted molar refractivity (Wildman–Crippen MR) is 130 cm³/mol. The summed E-state index contributed by atoms with van der Waals surface area (Å²) in [6, 6.07) is 20.3. The molecule has 2 aromatic carbocycles. The van der Waals surface area contributed by atoms with E-state index in [1.165, 1.54) is 5.56 Å². The second-order valence-corrected chi connectivity index (χ2v) is 11.3. The van der Waals surface area contributed by atoms with Crippen molar-refractivity contribution in [2.24, 2.45) is 0 Å². The molecule has 0 radical (unpaired) electrons. The van der Waals surface area contributed by atoms with Gasteiger partial charge in [0, 0.05) is 13.1 Å². The normalized spacial score (nSPS) is 30.6. The summed E-state index contributed by atoms with van der Waals surface area (Å²) in [7, 11) is -3.22. The Bertz CT molecular complexity index is 855. The first-order valence-corrected chi connectivity index (χ1v) is 13.7. The van der Waals surface area contributed by atoms with Gasteiger partial charge in [0.2, 0.25) is 0 Å². The summed E-state index contributed by atoms with van der Waals surface area (Å²) >= 11 is 0. The summed E-state index contributed by atoms with van der Waals surface area (Å²) in [5.74, 6) is 0. The zero-order valence-electron chi connectivity index (χ0n) is 19.3. The average Bonchev–Trinajstić information content (AvgIpc) is 3.06. The van der Waals surface area contributed by atoms with Gasteiger partial charge in [0.25, 0.3) is 0 Å². The highest BCUT2D eigenvalue weighted by Crippen LogP contribution is 2.66. The van der Waals surface area contributed by atoms with E-state index in [-0.39, 0.29) is 12.1 Å². The topological polar surface area (TPSA) is 53.0 Å². The number of hydrogen-bond donors (Lipinski definition) is 1. The Hall–Kier alpha value is -1.49. The van der Waals surface area contributed by atoms with Gasteiger partial charge in [-0.2, -0.15) is 0 Å². The van der Waals surface area contributed by atoms with Gasteiger partial charge in [0.1, 0.15) is 6.10 Å². The number of rotatable bonds is 10. The minimum absolute atomic E-state index is 0.0883. The van der Waals surface area contributed by atoms with Crippen molar-refractivity contribution < 1.29 is 14.2 Å². The van der Waals surface area contributed by atoms with Gasteiger partial charge < -0.3 is 5.11 Å². The van der Waals surface area contributed by atoms with Crippen molar-refractivity contribution in [1.82, 2.24) is 9.34 Å². The largest absolute Gasteiger partial charge is 0.389 e. The third kappa shape index (κ3) is 4.73. The molecule has 2 saturated heterocycles. The van der Waals surface area contributed by atoms with Crippen LogP contribution in [-0.4, -0.2) is 51.8 Å². The second kappa shape index (κ2) is 10.6. The number of aliphatic hydroxyl groups excluding tert-OH is 1. The monoisotopic (exact) mass is 456 g/mol. The molecule has 0 aromatic heterocycles. The maximum absolute atomic E-state index is 14.6. The third-order valence-corrected chi connectivity index (χ3v) is 9.65. The smallest absolute Gasteiger partial charge is 0.347 e. The molecule has 6 heteroatoms. The van der Waals surface area contributed by atoms with Crippen LogP contribution >= 0.6 is 7.67 Å². The molecular weight excluding hydrogens is 419 g/mol. The Morgan fingerprint density at radius 2 is 1.28 bits per heavy atom. The van der Waals surface area contributed by atoms with Crippen LogP contribution in [0.3, 0.4) is 0 Å². The fourth-order valence-electron chi connectivity index (χ4n) is 5.11. The number of nitrogens with zero attached hydrogens (tertiary/aromatic N) is 2. The molecule has 2 aliphatic rings. The van der Waals surface area contributed by atoms with Gasteiger partial charge in [-0.05, 0) is 36.8 Å². The summed E-state index contributed by atoms with van der Waals surface area (Å²) < 4.78 is 25.1. The zero-order valence-corrected chi connectivity index (χ0v) is 20.2. The predicted octanol–water partition coefficient (Wildman–Crippen LogP) is 5.29. The summed E-state index contributed by atoms with van der Waals surface area (Å²) in [6.45, 7) is 5.71. The fourth-order valence-corrected chi connectivity index (χ4v) is 8.20. The van der Waals surface area contributed by atoms with Gasteiger partial charge in [0.05, 0.1) is 18.2 Å². The van der Waals surface area contributed by atoms with Crippen molar-refractivity contribution >= 4 is 7.67 Å². The van der Waals surface area contributed by atoms with Gasteiger partial charge in [-0.25, -0.2) is 9.34 Å². The van der Waals surface area contributed by atoms with Crippen molar-refractivity contribution in [3.63, 3.8) is 0 Å². The molecule has 2 fully saturated rings. The lowest BCUT2D eigenvalue weighted by molar-refractivity contribution is -0.0361. The first-order chi connectivity index (χ1) is 15.6. The number of benzene rings is 2. The maximum Gasteiger partial charge on any atom is 0.347 e. The van der Waals surface area contributed by atoms with E-state index in [1.54, 1.807) is 0 Å². The lowest BCUT2D eigenvalue weighted by Crippen LogP contribution is -2.53. The van der Waals surface area contributed by atoms with Crippen molar-refractivity contribution in [3.8, 4) is 0 Å². The van der Waals surface area contributed by atoms with Crippen molar-refractivity contribution in [2.75, 3.05) is 13.1 Å². The molecular formula is C26H37N2O3P. The Labute approximate surface area is 193 Å². The Kier molecular flexibility index (Phi) is 7.86. The van der Waals surface area contributed by atoms with Crippen LogP contribution in [0.4, 0.5) is 0 Å². The van der Waals surface area contributed by atoms with Gasteiger partial charge in [-0.3, -0.25) is 9.09 Å². The molecule has 0 unspecified atom stereocenters. The van der Waals surface area contributed by atoms with Crippen LogP contribution in [0.15, 0.2) is 60.7 Å². The van der Waals surface area contributed by atoms with Gasteiger partial charge in [-0.1, -0.05) is 87.4 Å². The van der Waals surface area contributed by atoms with Crippen LogP contribution in [0.25, 0.3) is 0 Å². The molecule has 32 heavy (non-hydrogen) atoms. The van der Waals surface area contributed by atoms with Crippen LogP contribution in [-0.2, 0) is 21.9 Å². The molecule has 174 valence electrons. The van der Waals surface area contributed by atoms with Crippen molar-refractivity contribution in [3.05, 3.63) is 71.8 Å². The van der Waals surface area contributed by atoms with Crippen LogP contribution in [0.1, 0.15) is 50.7 Å². The van der Waals surface area contributed by atoms with E-state index in [0.717, 1.165) is 44.2 Å². The van der Waals surface area contributed by atoms with Gasteiger partial charge in [0.15, 0.2) is 0 Å². The SMILES string of the molecule is CCCCN1[C@H](Cc2ccccc2)[C@H](O)[C@@H]2O[P@@]1(=O)N(CCCC)[C@@H]2Cc1ccccc1. The van der Waals surface area contributed by atoms with Gasteiger partial charge >= 0.3 is 7.67 Å². The molecule has 2 bridgehead atoms. The lowest BCUT2D eigenvalue weighted by atomic mass is 9.91. The molecule has 5 atom stereocenters. The summed E-state index contributed by atoms with van der Waals surface area (Å²) in [5, 5.41) is 11.6. The number of hydrogen-bond acceptors (Lipinski definition) is 3. The summed E-state index contributed by atoms with van der Waals surface area (Å²) in [5.41, 5.74) is 2.35. The van der Waals surface area contributed by atoms with E-state index >= 15 is 0 Å². The molecule has 2 aliphatic heterocycles. The van der Waals surface area contributed by atoms with E-state index in [9.17, 15) is 9.67 Å². The first kappa shape index (κ1) is 23.7. The molecule has 0 spiro atoms. The highest BCUT2D eigenvalue weighted by molar-refractivity contribution is 7.54. The average molecular weight is 457 g/mol. The Morgan fingerprint density at radius 3 is 1.78 bits per heavy atom. The third-order valence-electron chi connectivity index (χ3n) is 6.84. The first-order valence-electron chi connectivity index (χ1n) is 12.2. The van der Waals surface area contributed by atoms with Crippen LogP contribution in [0.2, 0.25) is 0 Å². The fraction of sp³-hybridized carbons (Fsp3) is 0.538. The Morgan fingerprint density at radius 1 is 0.812 bits per heavy atom. The second-order valence-electron chi connectivity index (χ2n) is 9.10. The number of unbranched alkanes of at least 4 members (excludes halogenated alkanes) is 2. The standard InChI is InChI=1S/C26H37N2O3P/c1-3-5-17-27-23(19-21-13-9-7-10-14-21)25(29)26-24(20-22-15-11-8-12-16-22)28(18-6-4-2)32(27,30)31-26/h7-16,23-26,29H,3-6,17-20H2,1-2H3/t23-,24-,25+,26-,32-/m1/s1. The molecule has 4 rings (SSSR count). The molecule has 1 N–H and O–H groups in total. The van der Waals surface area contributed by atoms with E-state index in [4.69, 9.17) is 4.52 Å². The minimum atomic E-state index is -3.22. The van der Waals surface area contributed by atoms with Crippen molar-refractivity contribution in [1.29, 1.82) is 0 Å². The quantitative estimate of drug-likeness (QED) is 0.492. The Balaban J connectivity index is 1.70. The van der Waals surface area contributed by atoms with E-state index in [2.05, 4.69) is 42.8 Å². The van der Waals surface area contributed by atoms with E-state index in [1.807, 2.05) is 41.1 Å². The zero-order chi connectivity index (χ0) is 22.6. The summed E-state index contributed by atoms with van der Waals surface area (Å²) in [6.07, 6.45) is 4.22. The van der Waals surface area contributed by atoms with Gasteiger partial charge in [-0.15, -0.1) is 0 Å². The molecule has 5 nitrogen and oxygen atoms in total. The molecule has 0 amide bonds. The molecule has 2 heterocycles. The van der Waals surface area contributed by atoms with Crippen LogP contribution in [0, 0.1) is 0 Å². The highest BCUT2D eigenvalue weighted by Gasteiger charge is 2.62. The molecule has 2 aromatic rings. The van der Waals surface area contributed by atoms with Crippen LogP contribution in [0.5, 0.6) is 0 Å². The lowest BCUT2D eigenvalue weighted by Gasteiger charge is -2.43. The van der Waals surface area contributed by atoms with Crippen LogP contribution < -0.4 is 0 Å². The summed E-state index contributed by atoms with van der Waals surface area (Å²) in [4.78, 5) is 0. The van der Waals surface area contributed by atoms with E-state index in [0.29, 0.717) is 13.0 Å². The molecule has 0 aliphatic carbocycles. The minimum Gasteiger partial charge on any atom is -0.389 e. The van der Waals surface area contributed by atoms with E-state index < -0.39 is 19.9 Å². The maximum atomic E-state index is 14.6. The molecule has 0 saturated carbocycles.